The fraction of sp³-hybridized carbons (Fsp3) is 0.423. The van der Waals surface area contributed by atoms with Crippen molar-refractivity contribution in [3.63, 3.8) is 0 Å². The summed E-state index contributed by atoms with van der Waals surface area (Å²) in [7, 11) is 0. The highest BCUT2D eigenvalue weighted by Gasteiger charge is 2.34. The van der Waals surface area contributed by atoms with E-state index in [0.29, 0.717) is 44.6 Å². The molecule has 3 aromatic rings. The molecule has 0 bridgehead atoms. The van der Waals surface area contributed by atoms with Gasteiger partial charge in [-0.1, -0.05) is 65.3 Å². The van der Waals surface area contributed by atoms with E-state index in [2.05, 4.69) is 39.0 Å². The minimum Gasteiger partial charge on any atom is -0.378 e. The van der Waals surface area contributed by atoms with Gasteiger partial charge in [0, 0.05) is 44.8 Å². The Morgan fingerprint density at radius 3 is 2.35 bits per heavy atom. The SMILES string of the molecule is Cc1ccc(-c2noc(CN3CCN(C(C(=O)N4CCOCC4)c4ccccc4)CC3)n2)cc1. The van der Waals surface area contributed by atoms with Gasteiger partial charge in [-0.05, 0) is 12.5 Å². The Morgan fingerprint density at radius 2 is 1.65 bits per heavy atom. The summed E-state index contributed by atoms with van der Waals surface area (Å²) in [6.07, 6.45) is 0. The number of aryl methyl sites for hydroxylation is 1. The maximum atomic E-state index is 13.5. The number of piperazine rings is 1. The molecule has 1 aromatic heterocycles. The Labute approximate surface area is 200 Å². The molecule has 178 valence electrons. The van der Waals surface area contributed by atoms with Crippen LogP contribution in [-0.2, 0) is 16.1 Å². The largest absolute Gasteiger partial charge is 0.378 e. The highest BCUT2D eigenvalue weighted by molar-refractivity contribution is 5.83. The van der Waals surface area contributed by atoms with E-state index < -0.39 is 0 Å². The summed E-state index contributed by atoms with van der Waals surface area (Å²) in [5, 5.41) is 4.16. The molecular weight excluding hydrogens is 430 g/mol. The van der Waals surface area contributed by atoms with Crippen molar-refractivity contribution in [3.8, 4) is 11.4 Å². The highest BCUT2D eigenvalue weighted by atomic mass is 16.5. The first-order valence-electron chi connectivity index (χ1n) is 11.9. The van der Waals surface area contributed by atoms with E-state index in [1.807, 2.05) is 47.4 Å². The summed E-state index contributed by atoms with van der Waals surface area (Å²) in [5.41, 5.74) is 3.20. The van der Waals surface area contributed by atoms with Crippen LogP contribution < -0.4 is 0 Å². The number of hydrogen-bond acceptors (Lipinski definition) is 7. The maximum Gasteiger partial charge on any atom is 0.244 e. The number of benzene rings is 2. The van der Waals surface area contributed by atoms with E-state index in [1.54, 1.807) is 0 Å². The van der Waals surface area contributed by atoms with Crippen molar-refractivity contribution in [1.82, 2.24) is 24.8 Å². The molecule has 0 saturated carbocycles. The molecule has 3 heterocycles. The van der Waals surface area contributed by atoms with Gasteiger partial charge in [0.2, 0.25) is 17.6 Å². The lowest BCUT2D eigenvalue weighted by atomic mass is 10.0. The molecule has 5 rings (SSSR count). The normalized spacial score (nSPS) is 18.7. The van der Waals surface area contributed by atoms with Crippen LogP contribution in [0.15, 0.2) is 59.1 Å². The second-order valence-corrected chi connectivity index (χ2v) is 8.94. The van der Waals surface area contributed by atoms with Crippen molar-refractivity contribution in [1.29, 1.82) is 0 Å². The molecule has 1 atom stereocenters. The van der Waals surface area contributed by atoms with Crippen molar-refractivity contribution in [2.24, 2.45) is 0 Å². The zero-order chi connectivity index (χ0) is 23.3. The van der Waals surface area contributed by atoms with Crippen molar-refractivity contribution in [2.75, 3.05) is 52.5 Å². The van der Waals surface area contributed by atoms with Gasteiger partial charge in [-0.25, -0.2) is 0 Å². The highest BCUT2D eigenvalue weighted by Crippen LogP contribution is 2.26. The van der Waals surface area contributed by atoms with Gasteiger partial charge in [0.15, 0.2) is 0 Å². The van der Waals surface area contributed by atoms with Crippen LogP contribution in [0.3, 0.4) is 0 Å². The molecule has 1 unspecified atom stereocenters. The van der Waals surface area contributed by atoms with E-state index in [0.717, 1.165) is 37.3 Å². The minimum absolute atomic E-state index is 0.169. The monoisotopic (exact) mass is 461 g/mol. The van der Waals surface area contributed by atoms with Crippen LogP contribution >= 0.6 is 0 Å². The lowest BCUT2D eigenvalue weighted by Crippen LogP contribution is -2.52. The molecule has 0 aliphatic carbocycles. The number of hydrogen-bond donors (Lipinski definition) is 0. The van der Waals surface area contributed by atoms with E-state index in [-0.39, 0.29) is 11.9 Å². The van der Waals surface area contributed by atoms with Crippen molar-refractivity contribution < 1.29 is 14.1 Å². The molecule has 2 aliphatic heterocycles. The Hall–Kier alpha value is -3.07. The standard InChI is InChI=1S/C26H31N5O3/c1-20-7-9-22(10-8-20)25-27-23(34-28-25)19-29-11-13-30(14-12-29)24(21-5-3-2-4-6-21)26(32)31-15-17-33-18-16-31/h2-10,24H,11-19H2,1H3. The quantitative estimate of drug-likeness (QED) is 0.559. The molecule has 2 aromatic carbocycles. The minimum atomic E-state index is -0.266. The van der Waals surface area contributed by atoms with Crippen LogP contribution in [-0.4, -0.2) is 83.2 Å². The van der Waals surface area contributed by atoms with Crippen molar-refractivity contribution in [2.45, 2.75) is 19.5 Å². The van der Waals surface area contributed by atoms with Crippen molar-refractivity contribution >= 4 is 5.91 Å². The lowest BCUT2D eigenvalue weighted by molar-refractivity contribution is -0.142. The fourth-order valence-corrected chi connectivity index (χ4v) is 4.61. The van der Waals surface area contributed by atoms with Crippen molar-refractivity contribution in [3.05, 3.63) is 71.6 Å². The average Bonchev–Trinajstić information content (AvgIpc) is 3.35. The van der Waals surface area contributed by atoms with Gasteiger partial charge in [-0.3, -0.25) is 14.6 Å². The van der Waals surface area contributed by atoms with Gasteiger partial charge in [0.05, 0.1) is 19.8 Å². The van der Waals surface area contributed by atoms with Gasteiger partial charge in [-0.2, -0.15) is 4.98 Å². The number of nitrogens with zero attached hydrogens (tertiary/aromatic N) is 5. The number of carbonyl (C=O) groups is 1. The summed E-state index contributed by atoms with van der Waals surface area (Å²) < 4.78 is 11.0. The third kappa shape index (κ3) is 5.19. The van der Waals surface area contributed by atoms with E-state index >= 15 is 0 Å². The topological polar surface area (TPSA) is 74.9 Å². The molecule has 0 spiro atoms. The van der Waals surface area contributed by atoms with Gasteiger partial charge in [0.25, 0.3) is 0 Å². The molecule has 8 nitrogen and oxygen atoms in total. The van der Waals surface area contributed by atoms with Crippen LogP contribution in [0.4, 0.5) is 0 Å². The average molecular weight is 462 g/mol. The molecule has 0 N–H and O–H groups in total. The Balaban J connectivity index is 1.23. The number of ether oxygens (including phenoxy) is 1. The predicted octanol–water partition coefficient (Wildman–Crippen LogP) is 2.76. The molecular formula is C26H31N5O3. The second-order valence-electron chi connectivity index (χ2n) is 8.94. The van der Waals surface area contributed by atoms with Gasteiger partial charge >= 0.3 is 0 Å². The Morgan fingerprint density at radius 1 is 0.941 bits per heavy atom. The Kier molecular flexibility index (Phi) is 6.99. The van der Waals surface area contributed by atoms with E-state index in [9.17, 15) is 4.79 Å². The Bertz CT molecular complexity index is 1070. The number of carbonyl (C=O) groups excluding carboxylic acids is 1. The molecule has 0 radical (unpaired) electrons. The van der Waals surface area contributed by atoms with Crippen LogP contribution in [0.1, 0.15) is 23.1 Å². The fourth-order valence-electron chi connectivity index (χ4n) is 4.61. The third-order valence-electron chi connectivity index (χ3n) is 6.58. The number of morpholine rings is 1. The molecule has 1 amide bonds. The zero-order valence-corrected chi connectivity index (χ0v) is 19.6. The summed E-state index contributed by atoms with van der Waals surface area (Å²) in [6, 6.07) is 18.0. The summed E-state index contributed by atoms with van der Waals surface area (Å²) in [4.78, 5) is 24.7. The molecule has 34 heavy (non-hydrogen) atoms. The van der Waals surface area contributed by atoms with Gasteiger partial charge in [0.1, 0.15) is 6.04 Å². The number of aromatic nitrogens is 2. The van der Waals surface area contributed by atoms with Gasteiger partial charge < -0.3 is 14.2 Å². The zero-order valence-electron chi connectivity index (χ0n) is 19.6. The second kappa shape index (κ2) is 10.5. The summed E-state index contributed by atoms with van der Waals surface area (Å²) in [6.45, 7) is 8.46. The number of rotatable bonds is 6. The first-order chi connectivity index (χ1) is 16.7. The summed E-state index contributed by atoms with van der Waals surface area (Å²) >= 11 is 0. The van der Waals surface area contributed by atoms with Crippen LogP contribution in [0, 0.1) is 6.92 Å². The van der Waals surface area contributed by atoms with Crippen LogP contribution in [0.2, 0.25) is 0 Å². The van der Waals surface area contributed by atoms with Crippen LogP contribution in [0.5, 0.6) is 0 Å². The van der Waals surface area contributed by atoms with Crippen LogP contribution in [0.25, 0.3) is 11.4 Å². The molecule has 8 heteroatoms. The van der Waals surface area contributed by atoms with Gasteiger partial charge in [-0.15, -0.1) is 0 Å². The molecule has 2 saturated heterocycles. The summed E-state index contributed by atoms with van der Waals surface area (Å²) in [5.74, 6) is 1.41. The maximum absolute atomic E-state index is 13.5. The predicted molar refractivity (Wildman–Crippen MR) is 128 cm³/mol. The molecule has 2 fully saturated rings. The van der Waals surface area contributed by atoms with E-state index in [4.69, 9.17) is 9.26 Å². The van der Waals surface area contributed by atoms with E-state index in [1.165, 1.54) is 5.56 Å². The number of amides is 1. The third-order valence-corrected chi connectivity index (χ3v) is 6.58. The lowest BCUT2D eigenvalue weighted by Gasteiger charge is -2.40. The molecule has 2 aliphatic rings. The smallest absolute Gasteiger partial charge is 0.244 e. The first-order valence-corrected chi connectivity index (χ1v) is 11.9. The first kappa shape index (κ1) is 22.7.